The first-order valence-electron chi connectivity index (χ1n) is 20.6. The first-order valence-corrected chi connectivity index (χ1v) is 26.7. The van der Waals surface area contributed by atoms with Crippen LogP contribution in [0.15, 0.2) is 45.6 Å². The summed E-state index contributed by atoms with van der Waals surface area (Å²) in [4.78, 5) is 99.8. The molecule has 14 N–H and O–H groups in total. The highest BCUT2D eigenvalue weighted by Gasteiger charge is 2.58. The predicted molar refractivity (Wildman–Crippen MR) is 231 cm³/mol. The Morgan fingerprint density at radius 3 is 2.11 bits per heavy atom. The van der Waals surface area contributed by atoms with Crippen LogP contribution in [0.1, 0.15) is 18.7 Å². The van der Waals surface area contributed by atoms with E-state index in [1.54, 1.807) is 0 Å². The number of H-pyrrole nitrogens is 2. The minimum absolute atomic E-state index is 0.00124. The summed E-state index contributed by atoms with van der Waals surface area (Å²) in [7, 11) is -20.8. The third kappa shape index (κ3) is 10.7. The SMILES string of the molecule is CO[C@@H]1[C@H](P(=O)(O)OC[C@H]2O[C@@H](n3ccc(=O)[nH]c3=O)[C@H](O)[C@@H]2O)[C@@H](COP(=O)(O)OP(=O)(O)OP(=O)(O)OC[C@H]2O[C@@H]([n+]3cn(C)c4c(=O)[nH]c(N)nc43)[C@H](O)[C@@H]2CO)O[C@H]1n1cnc2c(N)ncnc21. The molecule has 0 bridgehead atoms. The molecule has 36 nitrogen and oxygen atoms in total. The smallest absolute Gasteiger partial charge is 0.396 e. The van der Waals surface area contributed by atoms with E-state index in [-0.39, 0.29) is 34.1 Å². The number of aliphatic hydroxyl groups excluding tert-OH is 4. The van der Waals surface area contributed by atoms with Crippen LogP contribution in [0, 0.1) is 5.92 Å². The number of hydrogen-bond acceptors (Lipinski definition) is 26. The fourth-order valence-electron chi connectivity index (χ4n) is 8.30. The number of aryl methyl sites for hydroxylation is 1. The summed E-state index contributed by atoms with van der Waals surface area (Å²) in [6, 6.07) is 0.922. The van der Waals surface area contributed by atoms with Crippen molar-refractivity contribution < 1.29 is 104 Å². The van der Waals surface area contributed by atoms with Crippen molar-refractivity contribution in [2.45, 2.75) is 67.1 Å². The summed E-state index contributed by atoms with van der Waals surface area (Å²) in [5.41, 5.74) is 7.09. The molecule has 3 aliphatic heterocycles. The molecule has 8 heterocycles. The Kier molecular flexibility index (Phi) is 15.1. The fraction of sp³-hybridized carbons (Fsp3) is 0.562. The van der Waals surface area contributed by atoms with Gasteiger partial charge in [0.25, 0.3) is 17.1 Å². The summed E-state index contributed by atoms with van der Waals surface area (Å²) in [6.07, 6.45) is -12.1. The molecule has 72 heavy (non-hydrogen) atoms. The van der Waals surface area contributed by atoms with Gasteiger partial charge in [0, 0.05) is 25.3 Å². The van der Waals surface area contributed by atoms with Gasteiger partial charge in [0.05, 0.1) is 45.9 Å². The second-order valence-corrected chi connectivity index (χ2v) is 22.7. The van der Waals surface area contributed by atoms with E-state index >= 15 is 0 Å². The van der Waals surface area contributed by atoms with Crippen molar-refractivity contribution in [3.63, 3.8) is 0 Å². The average Bonchev–Trinajstić information content (AvgIpc) is 4.09. The zero-order valence-corrected chi connectivity index (χ0v) is 40.4. The first kappa shape index (κ1) is 53.7. The van der Waals surface area contributed by atoms with Gasteiger partial charge in [-0.05, 0) is 0 Å². The van der Waals surface area contributed by atoms with Gasteiger partial charge in [-0.3, -0.25) is 46.9 Å². The molecule has 4 unspecified atom stereocenters. The first-order chi connectivity index (χ1) is 33.7. The van der Waals surface area contributed by atoms with Crippen LogP contribution in [-0.2, 0) is 66.4 Å². The van der Waals surface area contributed by atoms with Crippen molar-refractivity contribution in [1.29, 1.82) is 0 Å². The number of nitrogens with two attached hydrogens (primary N) is 2. The van der Waals surface area contributed by atoms with E-state index in [1.807, 2.05) is 4.98 Å². The quantitative estimate of drug-likeness (QED) is 0.0274. The van der Waals surface area contributed by atoms with E-state index in [1.165, 1.54) is 27.1 Å². The number of aromatic amines is 2. The molecule has 5 aromatic heterocycles. The van der Waals surface area contributed by atoms with Crippen molar-refractivity contribution >= 4 is 65.2 Å². The van der Waals surface area contributed by atoms with E-state index in [0.717, 1.165) is 36.6 Å². The van der Waals surface area contributed by atoms with Crippen LogP contribution >= 0.6 is 31.1 Å². The van der Waals surface area contributed by atoms with Crippen LogP contribution < -0.4 is 32.8 Å². The Balaban J connectivity index is 0.953. The monoisotopic (exact) mass is 1110 g/mol. The number of phosphoric ester groups is 2. The topological polar surface area (TPSA) is 518 Å². The van der Waals surface area contributed by atoms with Crippen LogP contribution in [0.2, 0.25) is 0 Å². The summed E-state index contributed by atoms with van der Waals surface area (Å²) < 4.78 is 104. The highest BCUT2D eigenvalue weighted by Crippen LogP contribution is 2.68. The lowest BCUT2D eigenvalue weighted by molar-refractivity contribution is -0.745. The molecular formula is C32H45N12O24P4+. The lowest BCUT2D eigenvalue weighted by Gasteiger charge is -2.28. The van der Waals surface area contributed by atoms with Gasteiger partial charge in [-0.15, -0.1) is 0 Å². The normalized spacial score (nSPS) is 31.1. The second kappa shape index (κ2) is 20.3. The standard InChI is InChI=1S/C32H44N12O24P4/c1-41-11-44(26-18(41)27(50)40-31(34)39-26)28-19(47)12(5-45)13(64-28)6-62-70(54,55)67-72(58,59)68-71(56,57)63-8-15-23(22(60-2)30(66-15)43-10-37-17-24(33)35-9-36-25(17)43)69(52,53)61-7-14-20(48)21(49)29(65-14)42-4-3-16(46)38-32(42)51/h3-4,9-15,19-23,28-30,45,47-49H,5-8H2,1-2H3,(H9-,33,34,35,36,38,39,40,46,50,51,52,53,54,55,56,57,58,59)/p+1/t12-,13-,14-,15-,19-,20-,21-,22-,23-,28-,29-,30-/m1/s1. The minimum atomic E-state index is -6.21. The molecule has 396 valence electrons. The van der Waals surface area contributed by atoms with Crippen molar-refractivity contribution in [3.05, 3.63) is 62.4 Å². The second-order valence-electron chi connectivity index (χ2n) is 16.1. The van der Waals surface area contributed by atoms with Crippen molar-refractivity contribution in [2.75, 3.05) is 45.0 Å². The van der Waals surface area contributed by atoms with Crippen LogP contribution in [0.25, 0.3) is 22.3 Å². The lowest BCUT2D eigenvalue weighted by Crippen LogP contribution is -2.45. The van der Waals surface area contributed by atoms with E-state index in [9.17, 15) is 72.6 Å². The number of nitrogen functional groups attached to an aromatic ring is 2. The number of ether oxygens (including phenoxy) is 4. The van der Waals surface area contributed by atoms with Crippen LogP contribution in [0.3, 0.4) is 0 Å². The maximum Gasteiger partial charge on any atom is 0.490 e. The number of rotatable bonds is 19. The molecule has 3 aliphatic rings. The number of hydrogen-bond donors (Lipinski definition) is 12. The fourth-order valence-corrected chi connectivity index (χ4v) is 13.6. The maximum absolute atomic E-state index is 14.3. The number of anilines is 2. The number of imidazole rings is 2. The number of nitrogens with one attached hydrogen (secondary N) is 2. The number of aromatic nitrogens is 10. The Morgan fingerprint density at radius 1 is 0.806 bits per heavy atom. The molecule has 0 amide bonds. The van der Waals surface area contributed by atoms with Gasteiger partial charge in [0.1, 0.15) is 54.1 Å². The van der Waals surface area contributed by atoms with Gasteiger partial charge in [-0.25, -0.2) is 38.0 Å². The number of fused-ring (bicyclic) bond motifs is 2. The number of nitrogens with zero attached hydrogens (tertiary/aromatic N) is 8. The molecule has 16 atom stereocenters. The van der Waals surface area contributed by atoms with Crippen molar-refractivity contribution in [1.82, 2.24) is 43.6 Å². The highest BCUT2D eigenvalue weighted by atomic mass is 31.3. The van der Waals surface area contributed by atoms with Gasteiger partial charge >= 0.3 is 42.4 Å². The van der Waals surface area contributed by atoms with Crippen LogP contribution in [0.5, 0.6) is 0 Å². The molecule has 3 fully saturated rings. The Bertz CT molecular complexity index is 3230. The van der Waals surface area contributed by atoms with Crippen LogP contribution in [0.4, 0.5) is 11.8 Å². The van der Waals surface area contributed by atoms with Gasteiger partial charge in [0.2, 0.25) is 11.7 Å². The molecule has 5 aromatic rings. The van der Waals surface area contributed by atoms with E-state index in [4.69, 9.17) is 44.0 Å². The van der Waals surface area contributed by atoms with Gasteiger partial charge < -0.3 is 74.9 Å². The molecule has 0 radical (unpaired) electrons. The highest BCUT2D eigenvalue weighted by molar-refractivity contribution is 7.66. The Morgan fingerprint density at radius 2 is 1.46 bits per heavy atom. The molecule has 40 heteroatoms. The lowest BCUT2D eigenvalue weighted by atomic mass is 9.99. The Labute approximate surface area is 399 Å². The van der Waals surface area contributed by atoms with Gasteiger partial charge in [0.15, 0.2) is 30.2 Å². The van der Waals surface area contributed by atoms with E-state index in [0.29, 0.717) is 0 Å². The van der Waals surface area contributed by atoms with Crippen molar-refractivity contribution in [2.24, 2.45) is 13.0 Å². The zero-order chi connectivity index (χ0) is 52.4. The number of phosphoric acid groups is 3. The van der Waals surface area contributed by atoms with Gasteiger partial charge in [-0.1, -0.05) is 4.98 Å². The summed E-state index contributed by atoms with van der Waals surface area (Å²) in [5, 5.41) is 42.5. The molecular weight excluding hydrogens is 1060 g/mol. The minimum Gasteiger partial charge on any atom is -0.396 e. The largest absolute Gasteiger partial charge is 0.490 e. The predicted octanol–water partition coefficient (Wildman–Crippen LogP) is -4.56. The average molecular weight is 1110 g/mol. The molecule has 0 aliphatic carbocycles. The third-order valence-electron chi connectivity index (χ3n) is 11.5. The molecule has 0 saturated carbocycles. The summed E-state index contributed by atoms with van der Waals surface area (Å²) >= 11 is 0. The van der Waals surface area contributed by atoms with Gasteiger partial charge in [-0.2, -0.15) is 8.62 Å². The molecule has 0 aromatic carbocycles. The summed E-state index contributed by atoms with van der Waals surface area (Å²) in [6.45, 7) is -4.18. The van der Waals surface area contributed by atoms with E-state index < -0.39 is 147 Å². The van der Waals surface area contributed by atoms with Crippen LogP contribution in [-0.4, -0.2) is 166 Å². The zero-order valence-electron chi connectivity index (χ0n) is 36.8. The number of aliphatic hydroxyl groups is 4. The molecule has 3 saturated heterocycles. The molecule has 0 spiro atoms. The third-order valence-corrected chi connectivity index (χ3v) is 17.7. The number of methoxy groups -OCH3 is 1. The Hall–Kier alpha value is -4.58. The maximum atomic E-state index is 14.3. The van der Waals surface area contributed by atoms with Crippen molar-refractivity contribution in [3.8, 4) is 0 Å². The van der Waals surface area contributed by atoms with E-state index in [2.05, 4.69) is 33.5 Å². The molecule has 8 rings (SSSR count). The summed E-state index contributed by atoms with van der Waals surface area (Å²) in [5.74, 6) is -1.67.